The molecule has 4 aliphatic rings. The van der Waals surface area contributed by atoms with Gasteiger partial charge in [-0.3, -0.25) is 0 Å². The van der Waals surface area contributed by atoms with E-state index in [2.05, 4.69) is 47.3 Å². The van der Waals surface area contributed by atoms with Gasteiger partial charge in [-0.05, 0) is 116 Å². The first-order valence-corrected chi connectivity index (χ1v) is 13.4. The molecule has 9 atom stereocenters. The van der Waals surface area contributed by atoms with E-state index in [4.69, 9.17) is 0 Å². The first-order chi connectivity index (χ1) is 13.8. The van der Waals surface area contributed by atoms with Gasteiger partial charge in [0.05, 0.1) is 0 Å². The number of allylic oxidation sites excluding steroid dienone is 1. The Morgan fingerprint density at radius 3 is 2.31 bits per heavy atom. The maximum Gasteiger partial charge on any atom is -0.0233 e. The van der Waals surface area contributed by atoms with E-state index in [0.29, 0.717) is 10.8 Å². The second-order valence-corrected chi connectivity index (χ2v) is 13.0. The maximum atomic E-state index is 4.13. The lowest BCUT2D eigenvalue weighted by Gasteiger charge is -2.61. The molecule has 4 saturated carbocycles. The normalized spacial score (nSPS) is 47.9. The smallest absolute Gasteiger partial charge is 0.0233 e. The van der Waals surface area contributed by atoms with E-state index >= 15 is 0 Å². The quantitative estimate of drug-likeness (QED) is 0.392. The molecule has 0 aromatic rings. The summed E-state index contributed by atoms with van der Waals surface area (Å²) in [6, 6.07) is 0. The number of fused-ring (bicyclic) bond motifs is 5. The predicted molar refractivity (Wildman–Crippen MR) is 127 cm³/mol. The lowest BCUT2D eigenvalue weighted by Crippen LogP contribution is -2.53. The molecule has 0 aliphatic heterocycles. The molecule has 0 saturated heterocycles. The lowest BCUT2D eigenvalue weighted by molar-refractivity contribution is -0.118. The highest BCUT2D eigenvalue weighted by Crippen LogP contribution is 2.68. The summed E-state index contributed by atoms with van der Waals surface area (Å²) in [6.07, 6.45) is 20.2. The van der Waals surface area contributed by atoms with E-state index in [0.717, 1.165) is 47.3 Å². The molecular weight excluding hydrogens is 348 g/mol. The number of hydrogen-bond acceptors (Lipinski definition) is 0. The summed E-state index contributed by atoms with van der Waals surface area (Å²) in [5, 5.41) is 0. The molecule has 0 N–H and O–H groups in total. The molecule has 0 unspecified atom stereocenters. The molecule has 0 bridgehead atoms. The topological polar surface area (TPSA) is 0 Å². The molecule has 166 valence electrons. The first-order valence-electron chi connectivity index (χ1n) is 13.4. The molecule has 0 heteroatoms. The highest BCUT2D eigenvalue weighted by Gasteiger charge is 2.60. The van der Waals surface area contributed by atoms with Crippen molar-refractivity contribution >= 4 is 0 Å². The Labute approximate surface area is 182 Å². The second kappa shape index (κ2) is 8.35. The van der Waals surface area contributed by atoms with Crippen LogP contribution in [0.4, 0.5) is 0 Å². The van der Waals surface area contributed by atoms with E-state index in [1.165, 1.54) is 57.8 Å². The van der Waals surface area contributed by atoms with Crippen molar-refractivity contribution < 1.29 is 0 Å². The van der Waals surface area contributed by atoms with E-state index in [1.54, 1.807) is 19.3 Å². The third-order valence-electron chi connectivity index (χ3n) is 11.2. The van der Waals surface area contributed by atoms with Crippen molar-refractivity contribution in [2.45, 2.75) is 112 Å². The van der Waals surface area contributed by atoms with Gasteiger partial charge in [-0.15, -0.1) is 6.58 Å². The third kappa shape index (κ3) is 3.78. The fraction of sp³-hybridized carbons (Fsp3) is 0.931. The molecule has 0 nitrogen and oxygen atoms in total. The van der Waals surface area contributed by atoms with Crippen LogP contribution in [-0.4, -0.2) is 0 Å². The van der Waals surface area contributed by atoms with Crippen LogP contribution in [0.3, 0.4) is 0 Å². The summed E-state index contributed by atoms with van der Waals surface area (Å²) in [5.74, 6) is 7.71. The largest absolute Gasteiger partial charge is 0.103 e. The summed E-state index contributed by atoms with van der Waals surface area (Å²) in [4.78, 5) is 0. The van der Waals surface area contributed by atoms with Crippen molar-refractivity contribution in [3.63, 3.8) is 0 Å². The van der Waals surface area contributed by atoms with Crippen LogP contribution >= 0.6 is 0 Å². The van der Waals surface area contributed by atoms with Gasteiger partial charge in [-0.1, -0.05) is 60.0 Å². The summed E-state index contributed by atoms with van der Waals surface area (Å²) in [5.41, 5.74) is 1.30. The molecular formula is C29H50. The van der Waals surface area contributed by atoms with Crippen molar-refractivity contribution in [1.82, 2.24) is 0 Å². The summed E-state index contributed by atoms with van der Waals surface area (Å²) in [7, 11) is 0. The maximum absolute atomic E-state index is 4.13. The summed E-state index contributed by atoms with van der Waals surface area (Å²) in [6.45, 7) is 17.0. The van der Waals surface area contributed by atoms with E-state index < -0.39 is 0 Å². The lowest BCUT2D eigenvalue weighted by atomic mass is 9.44. The van der Waals surface area contributed by atoms with Gasteiger partial charge in [0.25, 0.3) is 0 Å². The van der Waals surface area contributed by atoms with Crippen LogP contribution in [0.1, 0.15) is 112 Å². The summed E-state index contributed by atoms with van der Waals surface area (Å²) < 4.78 is 0. The standard InChI is InChI=1S/C29H50/c1-7-22-15-17-28(5)23(19-22)11-12-24-26-14-13-25(21(4)10-8-9-20(2)3)29(26,6)18-16-27(24)28/h7,20-27H,1,8-19H2,2-6H3/t21-,22+,23+,24+,25-,26+,27+,28+,29-/m1/s1. The zero-order chi connectivity index (χ0) is 20.8. The SMILES string of the molecule is C=C[C@H]1CC[C@@]2(C)[C@@H](CC[C@@H]3[C@@H]2CC[C@]2(C)[C@@H]([C@H](C)CCCC(C)C)CC[C@@H]32)C1. The van der Waals surface area contributed by atoms with Crippen LogP contribution in [-0.2, 0) is 0 Å². The van der Waals surface area contributed by atoms with Gasteiger partial charge < -0.3 is 0 Å². The average molecular weight is 399 g/mol. The van der Waals surface area contributed by atoms with Gasteiger partial charge in [0.2, 0.25) is 0 Å². The number of rotatable bonds is 6. The van der Waals surface area contributed by atoms with Crippen molar-refractivity contribution in [2.24, 2.45) is 58.2 Å². The molecule has 0 amide bonds. The van der Waals surface area contributed by atoms with Crippen LogP contribution in [0.15, 0.2) is 12.7 Å². The Bertz CT molecular complexity index is 575. The third-order valence-corrected chi connectivity index (χ3v) is 11.2. The minimum Gasteiger partial charge on any atom is -0.103 e. The minimum atomic E-state index is 0.644. The molecule has 29 heavy (non-hydrogen) atoms. The first kappa shape index (κ1) is 22.0. The van der Waals surface area contributed by atoms with E-state index in [-0.39, 0.29) is 0 Å². The van der Waals surface area contributed by atoms with Crippen LogP contribution in [0.25, 0.3) is 0 Å². The molecule has 4 aliphatic carbocycles. The predicted octanol–water partition coefficient (Wildman–Crippen LogP) is 8.91. The zero-order valence-corrected chi connectivity index (χ0v) is 20.4. The van der Waals surface area contributed by atoms with Gasteiger partial charge in [0.1, 0.15) is 0 Å². The van der Waals surface area contributed by atoms with E-state index in [1.807, 2.05) is 0 Å². The number of hydrogen-bond donors (Lipinski definition) is 0. The highest BCUT2D eigenvalue weighted by molar-refractivity contribution is 5.10. The molecule has 0 radical (unpaired) electrons. The Morgan fingerprint density at radius 1 is 0.862 bits per heavy atom. The summed E-state index contributed by atoms with van der Waals surface area (Å²) >= 11 is 0. The van der Waals surface area contributed by atoms with Gasteiger partial charge in [-0.2, -0.15) is 0 Å². The molecule has 0 aromatic carbocycles. The molecule has 4 rings (SSSR count). The van der Waals surface area contributed by atoms with Crippen LogP contribution in [0.2, 0.25) is 0 Å². The Balaban J connectivity index is 1.46. The fourth-order valence-corrected chi connectivity index (χ4v) is 9.53. The molecule has 0 aromatic heterocycles. The highest BCUT2D eigenvalue weighted by atomic mass is 14.6. The fourth-order valence-electron chi connectivity index (χ4n) is 9.53. The second-order valence-electron chi connectivity index (χ2n) is 13.0. The van der Waals surface area contributed by atoms with Gasteiger partial charge >= 0.3 is 0 Å². The van der Waals surface area contributed by atoms with Gasteiger partial charge in [-0.25, -0.2) is 0 Å². The van der Waals surface area contributed by atoms with Crippen LogP contribution in [0, 0.1) is 58.2 Å². The van der Waals surface area contributed by atoms with Crippen molar-refractivity contribution in [1.29, 1.82) is 0 Å². The average Bonchev–Trinajstić information content (AvgIpc) is 3.04. The van der Waals surface area contributed by atoms with Crippen LogP contribution in [0.5, 0.6) is 0 Å². The Morgan fingerprint density at radius 2 is 1.59 bits per heavy atom. The van der Waals surface area contributed by atoms with Crippen molar-refractivity contribution in [3.8, 4) is 0 Å². The van der Waals surface area contributed by atoms with Crippen molar-refractivity contribution in [3.05, 3.63) is 12.7 Å². The van der Waals surface area contributed by atoms with Crippen molar-refractivity contribution in [2.75, 3.05) is 0 Å². The van der Waals surface area contributed by atoms with Gasteiger partial charge in [0, 0.05) is 0 Å². The molecule has 4 fully saturated rings. The monoisotopic (exact) mass is 398 g/mol. The van der Waals surface area contributed by atoms with Gasteiger partial charge in [0.15, 0.2) is 0 Å². The molecule has 0 heterocycles. The Kier molecular flexibility index (Phi) is 6.32. The molecule has 0 spiro atoms. The van der Waals surface area contributed by atoms with E-state index in [9.17, 15) is 0 Å². The van der Waals surface area contributed by atoms with Crippen LogP contribution < -0.4 is 0 Å². The minimum absolute atomic E-state index is 0.644. The Hall–Kier alpha value is -0.260. The zero-order valence-electron chi connectivity index (χ0n) is 20.4.